The van der Waals surface area contributed by atoms with Crippen LogP contribution in [-0.4, -0.2) is 94.2 Å². The van der Waals surface area contributed by atoms with Crippen molar-refractivity contribution in [3.05, 3.63) is 35.3 Å². The molecule has 2 amide bonds. The van der Waals surface area contributed by atoms with Gasteiger partial charge in [0.2, 0.25) is 5.91 Å². The highest BCUT2D eigenvalue weighted by Crippen LogP contribution is 2.56. The van der Waals surface area contributed by atoms with E-state index in [0.29, 0.717) is 31.6 Å². The molecule has 5 aliphatic rings. The molecule has 12 heteroatoms. The number of carbonyl (C=O) groups is 2. The van der Waals surface area contributed by atoms with Gasteiger partial charge in [0.05, 0.1) is 16.9 Å². The summed E-state index contributed by atoms with van der Waals surface area (Å²) in [5.41, 5.74) is 2.29. The Labute approximate surface area is 254 Å². The van der Waals surface area contributed by atoms with Crippen LogP contribution >= 0.6 is 0 Å². The summed E-state index contributed by atoms with van der Waals surface area (Å²) < 4.78 is 23.6. The second kappa shape index (κ2) is 9.61. The van der Waals surface area contributed by atoms with Gasteiger partial charge in [-0.2, -0.15) is 0 Å². The molecule has 0 N–H and O–H groups in total. The maximum Gasteiger partial charge on any atom is 0.256 e. The molecular weight excluding hydrogens is 566 g/mol. The van der Waals surface area contributed by atoms with Crippen LogP contribution in [0.3, 0.4) is 0 Å². The van der Waals surface area contributed by atoms with Crippen molar-refractivity contribution in [2.24, 2.45) is 0 Å². The monoisotopic (exact) mass is 609 g/mol. The first-order valence-electron chi connectivity index (χ1n) is 15.4. The first-order valence-corrected chi connectivity index (χ1v) is 17.1. The summed E-state index contributed by atoms with van der Waals surface area (Å²) in [6, 6.07) is 1.82. The summed E-state index contributed by atoms with van der Waals surface area (Å²) in [7, 11) is -1.53. The van der Waals surface area contributed by atoms with Gasteiger partial charge in [0.25, 0.3) is 5.91 Å². The number of piperazine rings is 1. The second-order valence-electron chi connectivity index (χ2n) is 13.5. The Kier molecular flexibility index (Phi) is 6.65. The first-order chi connectivity index (χ1) is 20.2. The lowest BCUT2D eigenvalue weighted by molar-refractivity contribution is -0.137. The number of carbonyl (C=O) groups excluding carboxylic acids is 2. The van der Waals surface area contributed by atoms with Crippen LogP contribution in [0, 0.1) is 0 Å². The summed E-state index contributed by atoms with van der Waals surface area (Å²) >= 11 is 0. The quantitative estimate of drug-likeness (QED) is 0.516. The van der Waals surface area contributed by atoms with Gasteiger partial charge >= 0.3 is 0 Å². The third-order valence-corrected chi connectivity index (χ3v) is 12.9. The number of nitrogens with zero attached hydrogens (tertiary/aromatic N) is 7. The lowest BCUT2D eigenvalue weighted by Crippen LogP contribution is -2.66. The Morgan fingerprint density at radius 3 is 2.26 bits per heavy atom. The van der Waals surface area contributed by atoms with Gasteiger partial charge in [-0.3, -0.25) is 9.59 Å². The number of amides is 2. The maximum atomic E-state index is 13.4. The largest absolute Gasteiger partial charge is 0.350 e. The van der Waals surface area contributed by atoms with Gasteiger partial charge in [-0.1, -0.05) is 27.7 Å². The first kappa shape index (κ1) is 29.8. The zero-order chi connectivity index (χ0) is 31.3. The smallest absolute Gasteiger partial charge is 0.256 e. The van der Waals surface area contributed by atoms with Gasteiger partial charge in [0.1, 0.15) is 28.5 Å². The van der Waals surface area contributed by atoms with Crippen LogP contribution in [0.25, 0.3) is 0 Å². The molecule has 232 valence electrons. The Bertz CT molecular complexity index is 1620. The molecule has 1 aliphatic carbocycles. The Morgan fingerprint density at radius 2 is 1.65 bits per heavy atom. The number of rotatable bonds is 3. The van der Waals surface area contributed by atoms with Crippen LogP contribution in [0.4, 0.5) is 17.5 Å². The fraction of sp³-hybridized carbons (Fsp3) is 0.645. The van der Waals surface area contributed by atoms with Gasteiger partial charge in [-0.25, -0.2) is 23.4 Å². The Balaban J connectivity index is 0.00000161. The molecule has 3 atom stereocenters. The molecule has 3 fully saturated rings. The van der Waals surface area contributed by atoms with Crippen molar-refractivity contribution in [2.75, 3.05) is 42.2 Å². The van der Waals surface area contributed by atoms with E-state index in [1.807, 2.05) is 32.7 Å². The molecule has 2 aromatic heterocycles. The fourth-order valence-corrected chi connectivity index (χ4v) is 8.92. The average Bonchev–Trinajstić information content (AvgIpc) is 3.72. The zero-order valence-electron chi connectivity index (χ0n) is 26.5. The van der Waals surface area contributed by atoms with Crippen molar-refractivity contribution >= 4 is 39.1 Å². The van der Waals surface area contributed by atoms with E-state index in [1.165, 1.54) is 0 Å². The van der Waals surface area contributed by atoms with E-state index >= 15 is 0 Å². The molecule has 7 rings (SSSR count). The van der Waals surface area contributed by atoms with E-state index < -0.39 is 14.6 Å². The summed E-state index contributed by atoms with van der Waals surface area (Å²) in [4.78, 5) is 48.5. The Morgan fingerprint density at radius 1 is 0.977 bits per heavy atom. The van der Waals surface area contributed by atoms with Crippen LogP contribution in [0.2, 0.25) is 0 Å². The summed E-state index contributed by atoms with van der Waals surface area (Å²) in [6.45, 7) is 15.6. The standard InChI is InChI=1S/C29H37N7O4S.C2H6/c1-17-14-35(26(38)28(5)9-10-41(28,39)40)18(2)13-34(17)23-22-24(32-16-31-23)36(15-27(22,3)4)21-11-20-19(12-30-21)25(37)33(6)29(20)7-8-29;1-2/h11-12,16-18H,7-10,13-15H2,1-6H3;1-2H3/t17-,18+,28?;/m0./s1. The molecule has 1 unspecified atom stereocenters. The lowest BCUT2D eigenvalue weighted by atomic mass is 9.87. The van der Waals surface area contributed by atoms with Crippen molar-refractivity contribution in [1.82, 2.24) is 24.8 Å². The van der Waals surface area contributed by atoms with Crippen LogP contribution in [0.1, 0.15) is 89.2 Å². The van der Waals surface area contributed by atoms with Gasteiger partial charge in [0.15, 0.2) is 9.84 Å². The predicted molar refractivity (Wildman–Crippen MR) is 165 cm³/mol. The summed E-state index contributed by atoms with van der Waals surface area (Å²) in [5.74, 6) is 2.24. The number of hydrogen-bond acceptors (Lipinski definition) is 9. The number of anilines is 3. The number of aromatic nitrogens is 3. The van der Waals surface area contributed by atoms with Crippen LogP contribution in [0.5, 0.6) is 0 Å². The lowest BCUT2D eigenvalue weighted by Gasteiger charge is -2.49. The van der Waals surface area contributed by atoms with E-state index in [-0.39, 0.29) is 40.6 Å². The number of pyridine rings is 1. The fourth-order valence-electron chi connectivity index (χ4n) is 7.38. The molecule has 43 heavy (non-hydrogen) atoms. The third kappa shape index (κ3) is 4.04. The molecular formula is C31H43N7O4S. The van der Waals surface area contributed by atoms with Gasteiger partial charge in [-0.15, -0.1) is 0 Å². The molecule has 0 aromatic carbocycles. The minimum atomic E-state index is -3.40. The van der Waals surface area contributed by atoms with Crippen LogP contribution in [-0.2, 0) is 25.6 Å². The number of fused-ring (bicyclic) bond motifs is 3. The zero-order valence-corrected chi connectivity index (χ0v) is 27.3. The van der Waals surface area contributed by atoms with Crippen LogP contribution in [0.15, 0.2) is 18.6 Å². The molecule has 4 aliphatic heterocycles. The number of sulfone groups is 1. The van der Waals surface area contributed by atoms with Crippen molar-refractivity contribution < 1.29 is 18.0 Å². The predicted octanol–water partition coefficient (Wildman–Crippen LogP) is 3.40. The van der Waals surface area contributed by atoms with Crippen molar-refractivity contribution in [2.45, 2.75) is 95.5 Å². The minimum absolute atomic E-state index is 0.0351. The summed E-state index contributed by atoms with van der Waals surface area (Å²) in [5, 5.41) is 0. The van der Waals surface area contributed by atoms with Gasteiger partial charge < -0.3 is 19.6 Å². The van der Waals surface area contributed by atoms with Crippen molar-refractivity contribution in [3.8, 4) is 0 Å². The third-order valence-electron chi connectivity index (χ3n) is 10.4. The van der Waals surface area contributed by atoms with E-state index in [0.717, 1.165) is 41.4 Å². The molecule has 1 saturated carbocycles. The van der Waals surface area contributed by atoms with Crippen LogP contribution < -0.4 is 9.80 Å². The average molecular weight is 610 g/mol. The highest BCUT2D eigenvalue weighted by atomic mass is 32.2. The molecule has 1 spiro atoms. The molecule has 0 radical (unpaired) electrons. The highest BCUT2D eigenvalue weighted by molar-refractivity contribution is 7.95. The minimum Gasteiger partial charge on any atom is -0.350 e. The van der Waals surface area contributed by atoms with Gasteiger partial charge in [0, 0.05) is 55.9 Å². The SMILES string of the molecule is CC.C[C@@H]1CN(c2ncnc3c2C(C)(C)CN3c2cc3c(cn2)C(=O)N(C)C32CC2)[C@@H](C)CN1C(=O)C1(C)CCS1(=O)=O. The van der Waals surface area contributed by atoms with E-state index in [4.69, 9.17) is 15.0 Å². The second-order valence-corrected chi connectivity index (χ2v) is 16.0. The van der Waals surface area contributed by atoms with E-state index in [9.17, 15) is 18.0 Å². The Hall–Kier alpha value is -3.28. The summed E-state index contributed by atoms with van der Waals surface area (Å²) in [6.07, 6.45) is 5.62. The van der Waals surface area contributed by atoms with Gasteiger partial charge in [-0.05, 0) is 51.7 Å². The molecule has 6 heterocycles. The topological polar surface area (TPSA) is 120 Å². The van der Waals surface area contributed by atoms with Crippen molar-refractivity contribution in [1.29, 1.82) is 0 Å². The molecule has 2 saturated heterocycles. The van der Waals surface area contributed by atoms with Crippen molar-refractivity contribution in [3.63, 3.8) is 0 Å². The molecule has 2 aromatic rings. The number of hydrogen-bond donors (Lipinski definition) is 0. The van der Waals surface area contributed by atoms with E-state index in [2.05, 4.69) is 36.6 Å². The molecule has 0 bridgehead atoms. The molecule has 11 nitrogen and oxygen atoms in total. The normalized spacial score (nSPS) is 29.1. The van der Waals surface area contributed by atoms with E-state index in [1.54, 1.807) is 24.3 Å². The maximum absolute atomic E-state index is 13.4. The highest BCUT2D eigenvalue weighted by Gasteiger charge is 2.58.